The number of carbonyl (C=O) groups is 2. The van der Waals surface area contributed by atoms with Crippen molar-refractivity contribution in [1.82, 2.24) is 0 Å². The van der Waals surface area contributed by atoms with Gasteiger partial charge in [0.1, 0.15) is 18.2 Å². The lowest BCUT2D eigenvalue weighted by atomic mass is 10.0. The molecule has 1 aromatic carbocycles. The summed E-state index contributed by atoms with van der Waals surface area (Å²) in [6.45, 7) is 3.69. The molecule has 0 spiro atoms. The highest BCUT2D eigenvalue weighted by Crippen LogP contribution is 2.25. The molecular weight excluding hydrogens is 414 g/mol. The van der Waals surface area contributed by atoms with Gasteiger partial charge in [0.05, 0.1) is 12.2 Å². The van der Waals surface area contributed by atoms with Gasteiger partial charge in [-0.1, -0.05) is 42.8 Å². The first-order valence-corrected chi connectivity index (χ1v) is 11.1. The monoisotopic (exact) mass is 449 g/mol. The Morgan fingerprint density at radius 1 is 1.28 bits per heavy atom. The van der Waals surface area contributed by atoms with E-state index in [2.05, 4.69) is 0 Å². The lowest BCUT2D eigenvalue weighted by molar-refractivity contribution is -0.276. The Bertz CT molecular complexity index is 739. The predicted octanol–water partition coefficient (Wildman–Crippen LogP) is 2.57. The normalized spacial score (nSPS) is 25.4. The number of carboxylic acids is 1. The van der Waals surface area contributed by atoms with Gasteiger partial charge in [-0.05, 0) is 45.1 Å². The fourth-order valence-electron chi connectivity index (χ4n) is 3.56. The Morgan fingerprint density at radius 3 is 2.69 bits per heavy atom. The molecule has 1 aliphatic heterocycles. The summed E-state index contributed by atoms with van der Waals surface area (Å²) in [6.07, 6.45) is 3.64. The molecule has 1 aromatic rings. The molecule has 1 aliphatic rings. The number of benzene rings is 1. The van der Waals surface area contributed by atoms with Crippen LogP contribution in [0.2, 0.25) is 0 Å². The molecule has 4 N–H and O–H groups in total. The molecular formula is C24H35NO7. The molecule has 0 saturated carbocycles. The van der Waals surface area contributed by atoms with Gasteiger partial charge in [0.25, 0.3) is 0 Å². The van der Waals surface area contributed by atoms with Crippen LogP contribution in [-0.4, -0.2) is 58.9 Å². The molecule has 1 saturated heterocycles. The molecule has 0 aliphatic carbocycles. The molecule has 1 heterocycles. The van der Waals surface area contributed by atoms with E-state index in [1.165, 1.54) is 0 Å². The number of rotatable bonds is 12. The molecule has 0 amide bonds. The third kappa shape index (κ3) is 9.08. The second-order valence-electron chi connectivity index (χ2n) is 8.26. The molecule has 0 unspecified atom stereocenters. The average Bonchev–Trinajstić information content (AvgIpc) is 2.74. The van der Waals surface area contributed by atoms with Gasteiger partial charge in [-0.2, -0.15) is 0 Å². The number of aliphatic carboxylic acids is 1. The Labute approximate surface area is 189 Å². The fourth-order valence-corrected chi connectivity index (χ4v) is 3.56. The number of ether oxygens (including phenoxy) is 3. The molecule has 1 fully saturated rings. The summed E-state index contributed by atoms with van der Waals surface area (Å²) in [4.78, 5) is 22.8. The van der Waals surface area contributed by atoms with Crippen molar-refractivity contribution in [2.75, 3.05) is 0 Å². The topological polar surface area (TPSA) is 128 Å². The van der Waals surface area contributed by atoms with E-state index >= 15 is 0 Å². The number of aliphatic hydroxyl groups excluding tert-OH is 1. The van der Waals surface area contributed by atoms with E-state index < -0.39 is 42.6 Å². The Balaban J connectivity index is 1.72. The molecule has 0 bridgehead atoms. The molecule has 178 valence electrons. The lowest BCUT2D eigenvalue weighted by Gasteiger charge is -2.38. The standard InChI is InChI=1S/C24H35NO7/c1-16(10-6-3-4-9-13-22(27)28)30-24-20(26)15-21(17(2)31-24)32-23(29)19(25)14-18-11-7-5-8-12-18/h5,7-9,11-13,16-17,19-21,24,26H,3-4,6,10,14-15,25H2,1-2H3,(H,27,28)/b13-9+/t16-,17+,19+,20-,21-,24-/m1/s1. The smallest absolute Gasteiger partial charge is 0.327 e. The van der Waals surface area contributed by atoms with Gasteiger partial charge in [-0.3, -0.25) is 4.79 Å². The van der Waals surface area contributed by atoms with E-state index in [4.69, 9.17) is 25.1 Å². The zero-order chi connectivity index (χ0) is 23.5. The quantitative estimate of drug-likeness (QED) is 0.252. The van der Waals surface area contributed by atoms with Crippen LogP contribution in [0.4, 0.5) is 0 Å². The van der Waals surface area contributed by atoms with Crippen molar-refractivity contribution < 1.29 is 34.0 Å². The van der Waals surface area contributed by atoms with Gasteiger partial charge < -0.3 is 30.2 Å². The van der Waals surface area contributed by atoms with E-state index in [1.807, 2.05) is 37.3 Å². The minimum Gasteiger partial charge on any atom is -0.478 e. The summed E-state index contributed by atoms with van der Waals surface area (Å²) in [7, 11) is 0. The summed E-state index contributed by atoms with van der Waals surface area (Å²) in [5.41, 5.74) is 6.94. The van der Waals surface area contributed by atoms with Crippen molar-refractivity contribution in [2.24, 2.45) is 5.73 Å². The minimum atomic E-state index is -0.943. The van der Waals surface area contributed by atoms with Crippen LogP contribution in [0.3, 0.4) is 0 Å². The zero-order valence-corrected chi connectivity index (χ0v) is 18.8. The van der Waals surface area contributed by atoms with E-state index in [-0.39, 0.29) is 12.5 Å². The van der Waals surface area contributed by atoms with E-state index in [0.29, 0.717) is 12.8 Å². The van der Waals surface area contributed by atoms with E-state index in [1.54, 1.807) is 13.0 Å². The Kier molecular flexibility index (Phi) is 10.8. The summed E-state index contributed by atoms with van der Waals surface area (Å²) in [6, 6.07) is 8.69. The van der Waals surface area contributed by atoms with Crippen LogP contribution in [0.15, 0.2) is 42.5 Å². The lowest BCUT2D eigenvalue weighted by Crippen LogP contribution is -2.51. The number of carboxylic acid groups (broad SMARTS) is 1. The van der Waals surface area contributed by atoms with Crippen molar-refractivity contribution in [3.63, 3.8) is 0 Å². The largest absolute Gasteiger partial charge is 0.478 e. The number of hydrogen-bond acceptors (Lipinski definition) is 7. The molecule has 0 radical (unpaired) electrons. The van der Waals surface area contributed by atoms with Gasteiger partial charge >= 0.3 is 11.9 Å². The number of carbonyl (C=O) groups excluding carboxylic acids is 1. The summed E-state index contributed by atoms with van der Waals surface area (Å²) in [5.74, 6) is -1.47. The highest BCUT2D eigenvalue weighted by molar-refractivity contribution is 5.79. The predicted molar refractivity (Wildman–Crippen MR) is 119 cm³/mol. The minimum absolute atomic E-state index is 0.135. The van der Waals surface area contributed by atoms with Gasteiger partial charge in [0, 0.05) is 12.5 Å². The maximum absolute atomic E-state index is 12.4. The molecule has 8 nitrogen and oxygen atoms in total. The van der Waals surface area contributed by atoms with Crippen LogP contribution in [0, 0.1) is 0 Å². The highest BCUT2D eigenvalue weighted by atomic mass is 16.7. The van der Waals surface area contributed by atoms with Crippen LogP contribution in [0.1, 0.15) is 51.5 Å². The maximum Gasteiger partial charge on any atom is 0.327 e. The number of aliphatic hydroxyl groups is 1. The van der Waals surface area contributed by atoms with E-state index in [0.717, 1.165) is 30.9 Å². The first kappa shape index (κ1) is 26.0. The summed E-state index contributed by atoms with van der Waals surface area (Å²) >= 11 is 0. The van der Waals surface area contributed by atoms with Crippen LogP contribution < -0.4 is 5.73 Å². The SMILES string of the molecule is C[C@H](CCCC/C=C/C(=O)O)O[C@@H]1O[C@@H](C)[C@H](OC(=O)[C@@H](N)Cc2ccccc2)C[C@H]1O. The molecule has 8 heteroatoms. The second-order valence-corrected chi connectivity index (χ2v) is 8.26. The van der Waals surface area contributed by atoms with Crippen molar-refractivity contribution in [2.45, 2.75) is 89.1 Å². The Morgan fingerprint density at radius 2 is 2.00 bits per heavy atom. The zero-order valence-electron chi connectivity index (χ0n) is 18.8. The van der Waals surface area contributed by atoms with Crippen LogP contribution in [0.25, 0.3) is 0 Å². The van der Waals surface area contributed by atoms with Crippen molar-refractivity contribution in [1.29, 1.82) is 0 Å². The molecule has 0 aromatic heterocycles. The van der Waals surface area contributed by atoms with Gasteiger partial charge in [-0.15, -0.1) is 0 Å². The first-order valence-electron chi connectivity index (χ1n) is 11.1. The third-order valence-electron chi connectivity index (χ3n) is 5.39. The van der Waals surface area contributed by atoms with Gasteiger partial charge in [-0.25, -0.2) is 4.79 Å². The third-order valence-corrected chi connectivity index (χ3v) is 5.39. The number of allylic oxidation sites excluding steroid dienone is 1. The fraction of sp³-hybridized carbons (Fsp3) is 0.583. The number of hydrogen-bond donors (Lipinski definition) is 3. The Hall–Kier alpha value is -2.26. The van der Waals surface area contributed by atoms with Crippen molar-refractivity contribution >= 4 is 11.9 Å². The van der Waals surface area contributed by atoms with Crippen LogP contribution in [-0.2, 0) is 30.2 Å². The second kappa shape index (κ2) is 13.3. The number of nitrogens with two attached hydrogens (primary N) is 1. The van der Waals surface area contributed by atoms with Crippen molar-refractivity contribution in [3.05, 3.63) is 48.0 Å². The van der Waals surface area contributed by atoms with Crippen LogP contribution >= 0.6 is 0 Å². The van der Waals surface area contributed by atoms with E-state index in [9.17, 15) is 14.7 Å². The number of unbranched alkanes of at least 4 members (excludes halogenated alkanes) is 2. The number of esters is 1. The average molecular weight is 450 g/mol. The molecule has 32 heavy (non-hydrogen) atoms. The first-order chi connectivity index (χ1) is 15.3. The summed E-state index contributed by atoms with van der Waals surface area (Å²) in [5, 5.41) is 19.0. The van der Waals surface area contributed by atoms with Crippen LogP contribution in [0.5, 0.6) is 0 Å². The van der Waals surface area contributed by atoms with Gasteiger partial charge in [0.15, 0.2) is 6.29 Å². The highest BCUT2D eigenvalue weighted by Gasteiger charge is 2.39. The summed E-state index contributed by atoms with van der Waals surface area (Å²) < 4.78 is 17.2. The molecule has 2 rings (SSSR count). The maximum atomic E-state index is 12.4. The molecule has 6 atom stereocenters. The van der Waals surface area contributed by atoms with Crippen molar-refractivity contribution in [3.8, 4) is 0 Å². The van der Waals surface area contributed by atoms with Gasteiger partial charge in [0.2, 0.25) is 0 Å².